The van der Waals surface area contributed by atoms with Crippen LogP contribution < -0.4 is 0 Å². The zero-order valence-corrected chi connectivity index (χ0v) is 10.4. The van der Waals surface area contributed by atoms with E-state index in [1.54, 1.807) is 0 Å². The molecule has 3 rings (SSSR count). The van der Waals surface area contributed by atoms with Crippen molar-refractivity contribution < 1.29 is 5.11 Å². The van der Waals surface area contributed by atoms with Crippen molar-refractivity contribution in [2.75, 3.05) is 0 Å². The third-order valence-corrected chi connectivity index (χ3v) is 4.86. The van der Waals surface area contributed by atoms with E-state index >= 15 is 0 Å². The zero-order valence-electron chi connectivity index (χ0n) is 10.4. The van der Waals surface area contributed by atoms with Crippen LogP contribution in [0.25, 0.3) is 0 Å². The number of hydrogen-bond acceptors (Lipinski definition) is 1. The topological polar surface area (TPSA) is 20.2 Å². The summed E-state index contributed by atoms with van der Waals surface area (Å²) < 4.78 is 0. The van der Waals surface area contributed by atoms with Gasteiger partial charge in [-0.2, -0.15) is 0 Å². The average molecular weight is 230 g/mol. The lowest BCUT2D eigenvalue weighted by atomic mass is 9.83. The van der Waals surface area contributed by atoms with Crippen LogP contribution in [0, 0.1) is 17.8 Å². The second-order valence-corrected chi connectivity index (χ2v) is 5.93. The van der Waals surface area contributed by atoms with Gasteiger partial charge in [-0.05, 0) is 55.4 Å². The van der Waals surface area contributed by atoms with Gasteiger partial charge in [0.25, 0.3) is 0 Å². The van der Waals surface area contributed by atoms with Crippen molar-refractivity contribution >= 4 is 0 Å². The summed E-state index contributed by atoms with van der Waals surface area (Å²) in [5, 5.41) is 10.3. The lowest BCUT2D eigenvalue weighted by Crippen LogP contribution is -2.26. The summed E-state index contributed by atoms with van der Waals surface area (Å²) in [4.78, 5) is 0. The van der Waals surface area contributed by atoms with Gasteiger partial charge < -0.3 is 5.11 Å². The number of benzene rings is 1. The molecular weight excluding hydrogens is 208 g/mol. The van der Waals surface area contributed by atoms with Crippen molar-refractivity contribution in [2.45, 2.75) is 44.6 Å². The Morgan fingerprint density at radius 2 is 1.94 bits per heavy atom. The molecule has 0 radical (unpaired) electrons. The van der Waals surface area contributed by atoms with Crippen LogP contribution in [0.4, 0.5) is 0 Å². The Morgan fingerprint density at radius 3 is 2.59 bits per heavy atom. The fraction of sp³-hybridized carbons (Fsp3) is 0.625. The SMILES string of the molecule is OC(CCc1ccccc1)C1CC2CCC1C2. The summed E-state index contributed by atoms with van der Waals surface area (Å²) in [5.41, 5.74) is 1.36. The van der Waals surface area contributed by atoms with Gasteiger partial charge in [-0.25, -0.2) is 0 Å². The van der Waals surface area contributed by atoms with Crippen molar-refractivity contribution in [3.05, 3.63) is 35.9 Å². The predicted molar refractivity (Wildman–Crippen MR) is 69.7 cm³/mol. The second-order valence-electron chi connectivity index (χ2n) is 5.93. The molecule has 2 bridgehead atoms. The van der Waals surface area contributed by atoms with Crippen molar-refractivity contribution in [2.24, 2.45) is 17.8 Å². The van der Waals surface area contributed by atoms with Crippen LogP contribution in [0.3, 0.4) is 0 Å². The van der Waals surface area contributed by atoms with Crippen LogP contribution in [0.5, 0.6) is 0 Å². The minimum Gasteiger partial charge on any atom is -0.393 e. The summed E-state index contributed by atoms with van der Waals surface area (Å²) in [6.45, 7) is 0. The number of aliphatic hydroxyl groups is 1. The summed E-state index contributed by atoms with van der Waals surface area (Å²) in [6.07, 6.45) is 7.39. The highest BCUT2D eigenvalue weighted by Crippen LogP contribution is 2.50. The van der Waals surface area contributed by atoms with E-state index in [0.29, 0.717) is 5.92 Å². The fourth-order valence-electron chi connectivity index (χ4n) is 3.94. The first kappa shape index (κ1) is 11.3. The van der Waals surface area contributed by atoms with Crippen LogP contribution in [-0.4, -0.2) is 11.2 Å². The van der Waals surface area contributed by atoms with E-state index < -0.39 is 0 Å². The monoisotopic (exact) mass is 230 g/mol. The van der Waals surface area contributed by atoms with Crippen LogP contribution in [0.2, 0.25) is 0 Å². The van der Waals surface area contributed by atoms with Crippen molar-refractivity contribution in [1.82, 2.24) is 0 Å². The van der Waals surface area contributed by atoms with Crippen LogP contribution >= 0.6 is 0 Å². The maximum atomic E-state index is 10.3. The lowest BCUT2D eigenvalue weighted by Gasteiger charge is -2.26. The molecule has 4 unspecified atom stereocenters. The number of aryl methyl sites for hydroxylation is 1. The van der Waals surface area contributed by atoms with Gasteiger partial charge in [0, 0.05) is 0 Å². The van der Waals surface area contributed by atoms with E-state index in [2.05, 4.69) is 30.3 Å². The maximum Gasteiger partial charge on any atom is 0.0574 e. The Bertz CT molecular complexity index is 359. The predicted octanol–water partition coefficient (Wildman–Crippen LogP) is 3.42. The van der Waals surface area contributed by atoms with Gasteiger partial charge in [0.05, 0.1) is 6.10 Å². The smallest absolute Gasteiger partial charge is 0.0574 e. The van der Waals surface area contributed by atoms with E-state index in [4.69, 9.17) is 0 Å². The Kier molecular flexibility index (Phi) is 3.19. The van der Waals surface area contributed by atoms with Gasteiger partial charge in [-0.15, -0.1) is 0 Å². The molecule has 0 amide bonds. The zero-order chi connectivity index (χ0) is 11.7. The molecule has 92 valence electrons. The van der Waals surface area contributed by atoms with Gasteiger partial charge in [0.1, 0.15) is 0 Å². The Morgan fingerprint density at radius 1 is 1.12 bits per heavy atom. The van der Waals surface area contributed by atoms with E-state index in [-0.39, 0.29) is 6.10 Å². The molecule has 1 heteroatoms. The van der Waals surface area contributed by atoms with Gasteiger partial charge in [0.15, 0.2) is 0 Å². The van der Waals surface area contributed by atoms with E-state index in [1.165, 1.54) is 31.2 Å². The summed E-state index contributed by atoms with van der Waals surface area (Å²) in [6, 6.07) is 10.5. The highest BCUT2D eigenvalue weighted by Gasteiger charge is 2.42. The normalized spacial score (nSPS) is 32.9. The molecule has 1 aromatic rings. The first-order valence-corrected chi connectivity index (χ1v) is 7.05. The number of fused-ring (bicyclic) bond motifs is 2. The highest BCUT2D eigenvalue weighted by atomic mass is 16.3. The molecular formula is C16H22O. The van der Waals surface area contributed by atoms with Gasteiger partial charge in [-0.3, -0.25) is 0 Å². The summed E-state index contributed by atoms with van der Waals surface area (Å²) in [5.74, 6) is 2.39. The molecule has 2 saturated carbocycles. The molecule has 0 aliphatic heterocycles. The third-order valence-electron chi connectivity index (χ3n) is 4.86. The molecule has 4 atom stereocenters. The Balaban J connectivity index is 1.52. The molecule has 0 saturated heterocycles. The largest absolute Gasteiger partial charge is 0.393 e. The van der Waals surface area contributed by atoms with Crippen LogP contribution in [0.15, 0.2) is 30.3 Å². The van der Waals surface area contributed by atoms with Crippen molar-refractivity contribution in [3.8, 4) is 0 Å². The Labute approximate surface area is 104 Å². The quantitative estimate of drug-likeness (QED) is 0.840. The molecule has 17 heavy (non-hydrogen) atoms. The minimum atomic E-state index is -0.0643. The molecule has 2 aliphatic carbocycles. The van der Waals surface area contributed by atoms with Crippen LogP contribution in [-0.2, 0) is 6.42 Å². The molecule has 0 aromatic heterocycles. The van der Waals surface area contributed by atoms with Crippen molar-refractivity contribution in [1.29, 1.82) is 0 Å². The standard InChI is InChI=1S/C16H22O/c17-16(9-7-12-4-2-1-3-5-12)15-11-13-6-8-14(15)10-13/h1-5,13-17H,6-11H2. The molecule has 0 spiro atoms. The summed E-state index contributed by atoms with van der Waals surface area (Å²) >= 11 is 0. The highest BCUT2D eigenvalue weighted by molar-refractivity contribution is 5.14. The maximum absolute atomic E-state index is 10.3. The third kappa shape index (κ3) is 2.40. The molecule has 1 aromatic carbocycles. The van der Waals surface area contributed by atoms with E-state index in [9.17, 15) is 5.11 Å². The number of aliphatic hydroxyl groups excluding tert-OH is 1. The van der Waals surface area contributed by atoms with Gasteiger partial charge in [-0.1, -0.05) is 36.8 Å². The van der Waals surface area contributed by atoms with Gasteiger partial charge >= 0.3 is 0 Å². The molecule has 2 fully saturated rings. The molecule has 1 N–H and O–H groups in total. The van der Waals surface area contributed by atoms with E-state index in [1.807, 2.05) is 0 Å². The lowest BCUT2D eigenvalue weighted by molar-refractivity contribution is 0.0678. The number of hydrogen-bond donors (Lipinski definition) is 1. The first-order valence-electron chi connectivity index (χ1n) is 7.05. The van der Waals surface area contributed by atoms with E-state index in [0.717, 1.165) is 24.7 Å². The molecule has 0 heterocycles. The van der Waals surface area contributed by atoms with Gasteiger partial charge in [0.2, 0.25) is 0 Å². The fourth-order valence-corrected chi connectivity index (χ4v) is 3.94. The second kappa shape index (κ2) is 4.81. The minimum absolute atomic E-state index is 0.0643. The number of rotatable bonds is 4. The molecule has 2 aliphatic rings. The Hall–Kier alpha value is -0.820. The molecule has 1 nitrogen and oxygen atoms in total. The first-order chi connectivity index (χ1) is 8.33. The van der Waals surface area contributed by atoms with Crippen LogP contribution in [0.1, 0.15) is 37.7 Å². The average Bonchev–Trinajstić information content (AvgIpc) is 2.99. The van der Waals surface area contributed by atoms with Crippen molar-refractivity contribution in [3.63, 3.8) is 0 Å². The summed E-state index contributed by atoms with van der Waals surface area (Å²) in [7, 11) is 0.